The molecule has 1 aliphatic rings. The van der Waals surface area contributed by atoms with E-state index in [-0.39, 0.29) is 42.3 Å². The molecule has 2 rings (SSSR count). The second-order valence-electron chi connectivity index (χ2n) is 6.45. The van der Waals surface area contributed by atoms with Crippen LogP contribution in [0.15, 0.2) is 23.2 Å². The Morgan fingerprint density at radius 1 is 1.38 bits per heavy atom. The molecule has 11 heteroatoms. The van der Waals surface area contributed by atoms with E-state index in [0.717, 1.165) is 37.5 Å². The zero-order chi connectivity index (χ0) is 20.6. The number of nitrogens with zero attached hydrogens (tertiary/aromatic N) is 2. The van der Waals surface area contributed by atoms with E-state index in [0.29, 0.717) is 17.5 Å². The van der Waals surface area contributed by atoms with Crippen molar-refractivity contribution in [1.82, 2.24) is 15.4 Å². The van der Waals surface area contributed by atoms with Crippen molar-refractivity contribution in [3.05, 3.63) is 23.2 Å². The van der Waals surface area contributed by atoms with Gasteiger partial charge < -0.3 is 20.3 Å². The van der Waals surface area contributed by atoms with Crippen molar-refractivity contribution >= 4 is 57.2 Å². The largest absolute Gasteiger partial charge is 0.495 e. The molecule has 1 aliphatic heterocycles. The number of nitrogens with one attached hydrogen (secondary N) is 3. The maximum absolute atomic E-state index is 11.5. The summed E-state index contributed by atoms with van der Waals surface area (Å²) in [6, 6.07) is 5.83. The first kappa shape index (κ1) is 26.1. The molecule has 1 saturated heterocycles. The summed E-state index contributed by atoms with van der Waals surface area (Å²) in [6.07, 6.45) is 0.947. The maximum Gasteiger partial charge on any atom is 0.211 e. The fourth-order valence-electron chi connectivity index (χ4n) is 2.99. The van der Waals surface area contributed by atoms with E-state index in [1.54, 1.807) is 14.0 Å². The number of halogens is 2. The normalized spacial score (nSPS) is 17.0. The van der Waals surface area contributed by atoms with Crippen LogP contribution in [-0.2, 0) is 10.0 Å². The van der Waals surface area contributed by atoms with Crippen molar-refractivity contribution in [1.29, 1.82) is 0 Å². The molecule has 0 spiro atoms. The van der Waals surface area contributed by atoms with Gasteiger partial charge in [-0.1, -0.05) is 11.6 Å². The molecule has 1 aromatic carbocycles. The lowest BCUT2D eigenvalue weighted by atomic mass is 10.2. The molecule has 1 fully saturated rings. The number of guanidine groups is 1. The number of hydrogen-bond donors (Lipinski definition) is 3. The number of hydrogen-bond acceptors (Lipinski definition) is 5. The second kappa shape index (κ2) is 12.7. The minimum atomic E-state index is -3.19. The van der Waals surface area contributed by atoms with Crippen molar-refractivity contribution in [3.8, 4) is 5.75 Å². The van der Waals surface area contributed by atoms with Crippen molar-refractivity contribution in [2.24, 2.45) is 4.99 Å². The quantitative estimate of drug-likeness (QED) is 0.186. The average molecular weight is 560 g/mol. The van der Waals surface area contributed by atoms with Gasteiger partial charge in [-0.15, -0.1) is 24.0 Å². The third-order valence-corrected chi connectivity index (χ3v) is 6.08. The number of rotatable bonds is 9. The van der Waals surface area contributed by atoms with Crippen LogP contribution in [0.4, 0.5) is 5.69 Å². The van der Waals surface area contributed by atoms with Gasteiger partial charge in [-0.25, -0.2) is 13.1 Å². The summed E-state index contributed by atoms with van der Waals surface area (Å²) in [4.78, 5) is 6.70. The Hall–Kier alpha value is -0.980. The Labute approximate surface area is 195 Å². The SMILES string of the molecule is CCNC(=NCCNS(=O)(=O)CC)NC1CCN(c2cc(Cl)ccc2OC)C1.I. The molecule has 0 radical (unpaired) electrons. The Morgan fingerprint density at radius 3 is 2.79 bits per heavy atom. The van der Waals surface area contributed by atoms with Gasteiger partial charge in [0.05, 0.1) is 25.1 Å². The minimum absolute atomic E-state index is 0. The lowest BCUT2D eigenvalue weighted by molar-refractivity contribution is 0.415. The van der Waals surface area contributed by atoms with E-state index in [1.165, 1.54) is 0 Å². The molecule has 166 valence electrons. The van der Waals surface area contributed by atoms with Crippen molar-refractivity contribution in [2.45, 2.75) is 26.3 Å². The van der Waals surface area contributed by atoms with E-state index in [4.69, 9.17) is 16.3 Å². The Morgan fingerprint density at radius 2 is 2.14 bits per heavy atom. The molecular weight excluding hydrogens is 529 g/mol. The Balaban J connectivity index is 0.00000420. The van der Waals surface area contributed by atoms with E-state index in [9.17, 15) is 8.42 Å². The van der Waals surface area contributed by atoms with Crippen LogP contribution in [0.2, 0.25) is 5.02 Å². The van der Waals surface area contributed by atoms with Gasteiger partial charge in [0.1, 0.15) is 5.75 Å². The molecule has 0 aliphatic carbocycles. The molecule has 3 N–H and O–H groups in total. The number of ether oxygens (including phenoxy) is 1. The van der Waals surface area contributed by atoms with Gasteiger partial charge in [-0.05, 0) is 38.5 Å². The first-order valence-corrected chi connectivity index (χ1v) is 11.5. The van der Waals surface area contributed by atoms with Crippen LogP contribution in [0, 0.1) is 0 Å². The van der Waals surface area contributed by atoms with Crippen LogP contribution >= 0.6 is 35.6 Å². The number of anilines is 1. The first-order chi connectivity index (χ1) is 13.4. The molecule has 1 atom stereocenters. The summed E-state index contributed by atoms with van der Waals surface area (Å²) < 4.78 is 30.9. The van der Waals surface area contributed by atoms with Crippen LogP contribution in [0.1, 0.15) is 20.3 Å². The van der Waals surface area contributed by atoms with E-state index in [1.807, 2.05) is 25.1 Å². The van der Waals surface area contributed by atoms with Crippen molar-refractivity contribution in [3.63, 3.8) is 0 Å². The van der Waals surface area contributed by atoms with Crippen molar-refractivity contribution in [2.75, 3.05) is 50.5 Å². The summed E-state index contributed by atoms with van der Waals surface area (Å²) >= 11 is 6.15. The number of aliphatic imine (C=N–C) groups is 1. The summed E-state index contributed by atoms with van der Waals surface area (Å²) in [5.74, 6) is 1.55. The van der Waals surface area contributed by atoms with Gasteiger partial charge in [0, 0.05) is 37.2 Å². The molecule has 0 aromatic heterocycles. The van der Waals surface area contributed by atoms with Crippen LogP contribution in [0.25, 0.3) is 0 Å². The summed E-state index contributed by atoms with van der Waals surface area (Å²) in [5.41, 5.74) is 0.982. The monoisotopic (exact) mass is 559 g/mol. The summed E-state index contributed by atoms with van der Waals surface area (Å²) in [5, 5.41) is 7.31. The Bertz CT molecular complexity index is 779. The van der Waals surface area contributed by atoms with Crippen LogP contribution in [0.5, 0.6) is 5.75 Å². The predicted molar refractivity (Wildman–Crippen MR) is 131 cm³/mol. The van der Waals surface area contributed by atoms with Gasteiger partial charge >= 0.3 is 0 Å². The summed E-state index contributed by atoms with van der Waals surface area (Å²) in [7, 11) is -1.54. The summed E-state index contributed by atoms with van der Waals surface area (Å²) in [6.45, 7) is 6.65. The molecule has 8 nitrogen and oxygen atoms in total. The van der Waals surface area contributed by atoms with Crippen LogP contribution in [-0.4, -0.2) is 66.0 Å². The molecule has 1 unspecified atom stereocenters. The fraction of sp³-hybridized carbons (Fsp3) is 0.611. The molecule has 29 heavy (non-hydrogen) atoms. The zero-order valence-electron chi connectivity index (χ0n) is 17.1. The van der Waals surface area contributed by atoms with Crippen LogP contribution < -0.4 is 25.0 Å². The smallest absolute Gasteiger partial charge is 0.211 e. The molecule has 0 amide bonds. The third-order valence-electron chi connectivity index (χ3n) is 4.44. The van der Waals surface area contributed by atoms with E-state index >= 15 is 0 Å². The minimum Gasteiger partial charge on any atom is -0.495 e. The molecule has 0 bridgehead atoms. The van der Waals surface area contributed by atoms with Gasteiger partial charge in [0.15, 0.2) is 5.96 Å². The highest BCUT2D eigenvalue weighted by molar-refractivity contribution is 14.0. The van der Waals surface area contributed by atoms with Gasteiger partial charge in [0.25, 0.3) is 0 Å². The number of benzene rings is 1. The third kappa shape index (κ3) is 8.35. The predicted octanol–water partition coefficient (Wildman–Crippen LogP) is 2.04. The number of sulfonamides is 1. The second-order valence-corrected chi connectivity index (χ2v) is 8.98. The average Bonchev–Trinajstić information content (AvgIpc) is 3.13. The van der Waals surface area contributed by atoms with Crippen molar-refractivity contribution < 1.29 is 13.2 Å². The molecular formula is C18H31ClIN5O3S. The number of methoxy groups -OCH3 is 1. The highest BCUT2D eigenvalue weighted by atomic mass is 127. The first-order valence-electron chi connectivity index (χ1n) is 9.49. The van der Waals surface area contributed by atoms with Gasteiger partial charge in [0.2, 0.25) is 10.0 Å². The van der Waals surface area contributed by atoms with Crippen LogP contribution in [0.3, 0.4) is 0 Å². The lowest BCUT2D eigenvalue weighted by Crippen LogP contribution is -2.45. The van der Waals surface area contributed by atoms with Gasteiger partial charge in [-0.2, -0.15) is 0 Å². The Kier molecular flexibility index (Phi) is 11.4. The van der Waals surface area contributed by atoms with E-state index in [2.05, 4.69) is 25.2 Å². The van der Waals surface area contributed by atoms with E-state index < -0.39 is 10.0 Å². The standard InChI is InChI=1S/C18H30ClN5O3S.HI/c1-4-20-18(21-9-10-22-28(25,26)5-2)23-15-8-11-24(13-15)16-12-14(19)6-7-17(16)27-3;/h6-7,12,15,22H,4-5,8-11,13H2,1-3H3,(H2,20,21,23);1H. The highest BCUT2D eigenvalue weighted by Crippen LogP contribution is 2.33. The van der Waals surface area contributed by atoms with Gasteiger partial charge in [-0.3, -0.25) is 4.99 Å². The maximum atomic E-state index is 11.5. The zero-order valence-corrected chi connectivity index (χ0v) is 21.0. The fourth-order valence-corrected chi connectivity index (χ4v) is 3.76. The molecule has 1 aromatic rings. The molecule has 0 saturated carbocycles. The highest BCUT2D eigenvalue weighted by Gasteiger charge is 2.25. The molecule has 1 heterocycles. The lowest BCUT2D eigenvalue weighted by Gasteiger charge is -2.22. The topological polar surface area (TPSA) is 95.1 Å².